The molecule has 0 saturated carbocycles. The number of carbonyl (C=O) groups is 3. The van der Waals surface area contributed by atoms with E-state index in [0.717, 1.165) is 0 Å². The second-order valence-corrected chi connectivity index (χ2v) is 4.76. The zero-order valence-electron chi connectivity index (χ0n) is 10.8. The summed E-state index contributed by atoms with van der Waals surface area (Å²) in [5, 5.41) is 2.11. The molecule has 0 saturated heterocycles. The van der Waals surface area contributed by atoms with Crippen LogP contribution in [0.5, 0.6) is 0 Å². The van der Waals surface area contributed by atoms with E-state index in [0.29, 0.717) is 18.9 Å². The summed E-state index contributed by atoms with van der Waals surface area (Å²) < 4.78 is 9.94. The van der Waals surface area contributed by atoms with Crippen molar-refractivity contribution in [1.82, 2.24) is 5.32 Å². The van der Waals surface area contributed by atoms with Crippen molar-refractivity contribution in [1.29, 1.82) is 0 Å². The lowest BCUT2D eigenvalue weighted by atomic mass is 10.3. The molecule has 21 heavy (non-hydrogen) atoms. The van der Waals surface area contributed by atoms with Gasteiger partial charge in [-0.15, -0.1) is 0 Å². The maximum absolute atomic E-state index is 11.1. The van der Waals surface area contributed by atoms with Crippen molar-refractivity contribution in [2.75, 3.05) is 38.4 Å². The summed E-state index contributed by atoms with van der Waals surface area (Å²) in [7, 11) is 0. The fourth-order valence-corrected chi connectivity index (χ4v) is 1.49. The molecule has 0 fully saturated rings. The zero-order chi connectivity index (χ0) is 14.5. The Kier molecular flexibility index (Phi) is 20.7. The predicted molar refractivity (Wildman–Crippen MR) is 86.7 cm³/mol. The van der Waals surface area contributed by atoms with E-state index in [9.17, 15) is 14.4 Å². The molecule has 6 nitrogen and oxygen atoms in total. The largest absolute Gasteiger partial charge is 0.463 e. The van der Waals surface area contributed by atoms with Crippen molar-refractivity contribution in [3.05, 3.63) is 0 Å². The maximum atomic E-state index is 11.1. The Morgan fingerprint density at radius 3 is 2.33 bits per heavy atom. The van der Waals surface area contributed by atoms with E-state index in [1.54, 1.807) is 0 Å². The highest BCUT2D eigenvalue weighted by atomic mass is 35.5. The summed E-state index contributed by atoms with van der Waals surface area (Å²) in [6.07, 6.45) is 1.80. The fourth-order valence-electron chi connectivity index (χ4n) is 1.03. The molecule has 0 atom stereocenters. The molecular weight excluding hydrogens is 318 g/mol. The van der Waals surface area contributed by atoms with Crippen molar-refractivity contribution in [2.45, 2.75) is 27.7 Å². The molecule has 0 bridgehead atoms. The van der Waals surface area contributed by atoms with E-state index >= 15 is 0 Å². The SMILES string of the molecule is C.C.CSCC(=O)NCCOCCOC(=O)CCC(=O)Cl. The number of hydrogen-bond acceptors (Lipinski definition) is 6. The van der Waals surface area contributed by atoms with Gasteiger partial charge in [0, 0.05) is 13.0 Å². The highest BCUT2D eigenvalue weighted by Gasteiger charge is 2.05. The van der Waals surface area contributed by atoms with Crippen LogP contribution in [0.1, 0.15) is 27.7 Å². The van der Waals surface area contributed by atoms with Gasteiger partial charge < -0.3 is 14.8 Å². The van der Waals surface area contributed by atoms with Crippen molar-refractivity contribution in [2.24, 2.45) is 0 Å². The molecule has 0 aromatic carbocycles. The molecule has 0 radical (unpaired) electrons. The number of hydrogen-bond donors (Lipinski definition) is 1. The van der Waals surface area contributed by atoms with Crippen LogP contribution < -0.4 is 5.32 Å². The summed E-state index contributed by atoms with van der Waals surface area (Å²) in [6.45, 7) is 1.15. The molecule has 8 heteroatoms. The second-order valence-electron chi connectivity index (χ2n) is 3.47. The van der Waals surface area contributed by atoms with Crippen LogP contribution in [0.3, 0.4) is 0 Å². The Morgan fingerprint density at radius 1 is 1.10 bits per heavy atom. The van der Waals surface area contributed by atoms with Crippen molar-refractivity contribution in [3.63, 3.8) is 0 Å². The van der Waals surface area contributed by atoms with E-state index in [-0.39, 0.29) is 46.8 Å². The summed E-state index contributed by atoms with van der Waals surface area (Å²) in [6, 6.07) is 0. The maximum Gasteiger partial charge on any atom is 0.306 e. The Bertz CT molecular complexity index is 302. The van der Waals surface area contributed by atoms with Gasteiger partial charge in [0.25, 0.3) is 0 Å². The van der Waals surface area contributed by atoms with Gasteiger partial charge in [0.15, 0.2) is 0 Å². The van der Waals surface area contributed by atoms with Crippen LogP contribution in [0, 0.1) is 0 Å². The summed E-state index contributed by atoms with van der Waals surface area (Å²) in [5.74, 6) is -0.0872. The fraction of sp³-hybridized carbons (Fsp3) is 0.769. The van der Waals surface area contributed by atoms with Crippen molar-refractivity contribution < 1.29 is 23.9 Å². The normalized spacial score (nSPS) is 9.05. The first-order chi connectivity index (χ1) is 9.06. The molecule has 0 heterocycles. The number of amides is 1. The molecule has 0 aliphatic rings. The third-order valence-corrected chi connectivity index (χ3v) is 2.60. The van der Waals surface area contributed by atoms with Crippen LogP contribution in [-0.4, -0.2) is 55.5 Å². The van der Waals surface area contributed by atoms with Gasteiger partial charge in [-0.2, -0.15) is 11.8 Å². The van der Waals surface area contributed by atoms with E-state index in [2.05, 4.69) is 5.32 Å². The molecule has 0 aliphatic carbocycles. The first-order valence-corrected chi connectivity index (χ1v) is 7.50. The number of thioether (sulfide) groups is 1. The molecule has 0 aliphatic heterocycles. The zero-order valence-corrected chi connectivity index (χ0v) is 12.3. The van der Waals surface area contributed by atoms with Crippen LogP contribution in [0.15, 0.2) is 0 Å². The smallest absolute Gasteiger partial charge is 0.306 e. The minimum Gasteiger partial charge on any atom is -0.463 e. The molecule has 126 valence electrons. The molecule has 0 spiro atoms. The number of carbonyl (C=O) groups excluding carboxylic acids is 3. The van der Waals surface area contributed by atoms with Gasteiger partial charge in [0.05, 0.1) is 25.4 Å². The van der Waals surface area contributed by atoms with Crippen LogP contribution in [-0.2, 0) is 23.9 Å². The monoisotopic (exact) mass is 343 g/mol. The van der Waals surface area contributed by atoms with E-state index in [4.69, 9.17) is 21.1 Å². The molecule has 0 unspecified atom stereocenters. The second kappa shape index (κ2) is 17.3. The lowest BCUT2D eigenvalue weighted by Crippen LogP contribution is -2.29. The minimum atomic E-state index is -0.561. The Balaban J connectivity index is -0.00000162. The highest BCUT2D eigenvalue weighted by Crippen LogP contribution is 1.96. The van der Waals surface area contributed by atoms with Crippen molar-refractivity contribution in [3.8, 4) is 0 Å². The van der Waals surface area contributed by atoms with E-state index in [1.807, 2.05) is 6.26 Å². The molecule has 1 amide bonds. The Morgan fingerprint density at radius 2 is 1.76 bits per heavy atom. The van der Waals surface area contributed by atoms with Gasteiger partial charge in [-0.25, -0.2) is 0 Å². The molecule has 0 aromatic heterocycles. The Hall–Kier alpha value is -0.790. The number of halogens is 1. The first-order valence-electron chi connectivity index (χ1n) is 5.73. The summed E-state index contributed by atoms with van der Waals surface area (Å²) in [5.41, 5.74) is 0. The van der Waals surface area contributed by atoms with E-state index < -0.39 is 11.2 Å². The van der Waals surface area contributed by atoms with Crippen LogP contribution in [0.4, 0.5) is 0 Å². The van der Waals surface area contributed by atoms with Crippen LogP contribution in [0.2, 0.25) is 0 Å². The quantitative estimate of drug-likeness (QED) is 0.350. The number of ether oxygens (including phenoxy) is 2. The number of esters is 1. The summed E-state index contributed by atoms with van der Waals surface area (Å²) in [4.78, 5) is 32.5. The Labute approximate surface area is 136 Å². The minimum absolute atomic E-state index is 0. The lowest BCUT2D eigenvalue weighted by molar-refractivity contribution is -0.145. The molecule has 0 rings (SSSR count). The van der Waals surface area contributed by atoms with Crippen molar-refractivity contribution >= 4 is 40.5 Å². The molecular formula is C13H26ClNO5S. The predicted octanol–water partition coefficient (Wildman–Crippen LogP) is 1.84. The average molecular weight is 344 g/mol. The van der Waals surface area contributed by atoms with Crippen LogP contribution >= 0.6 is 23.4 Å². The number of nitrogens with one attached hydrogen (secondary N) is 1. The first kappa shape index (κ1) is 25.2. The highest BCUT2D eigenvalue weighted by molar-refractivity contribution is 7.99. The molecule has 0 aromatic rings. The molecule has 1 N–H and O–H groups in total. The van der Waals surface area contributed by atoms with Gasteiger partial charge in [-0.05, 0) is 17.9 Å². The standard InChI is InChI=1S/C11H18ClNO5S.2CH4/c1-19-8-10(15)13-4-5-17-6-7-18-11(16)3-2-9(12)14;;/h2-8H2,1H3,(H,13,15);2*1H4. The van der Waals surface area contributed by atoms with Gasteiger partial charge in [0.1, 0.15) is 6.61 Å². The van der Waals surface area contributed by atoms with Gasteiger partial charge in [-0.3, -0.25) is 14.4 Å². The average Bonchev–Trinajstić information content (AvgIpc) is 2.35. The third-order valence-electron chi connectivity index (χ3n) is 1.86. The van der Waals surface area contributed by atoms with Gasteiger partial charge in [0.2, 0.25) is 11.1 Å². The van der Waals surface area contributed by atoms with Gasteiger partial charge >= 0.3 is 5.97 Å². The van der Waals surface area contributed by atoms with E-state index in [1.165, 1.54) is 11.8 Å². The van der Waals surface area contributed by atoms with Crippen LogP contribution in [0.25, 0.3) is 0 Å². The summed E-state index contributed by atoms with van der Waals surface area (Å²) >= 11 is 6.53. The third kappa shape index (κ3) is 19.2. The number of rotatable bonds is 11. The topological polar surface area (TPSA) is 81.7 Å². The van der Waals surface area contributed by atoms with Gasteiger partial charge in [-0.1, -0.05) is 14.9 Å². The lowest BCUT2D eigenvalue weighted by Gasteiger charge is -2.06.